The van der Waals surface area contributed by atoms with Crippen molar-refractivity contribution in [3.05, 3.63) is 70.8 Å². The second-order valence-electron chi connectivity index (χ2n) is 4.86. The second kappa shape index (κ2) is 4.30. The molecule has 2 aromatic rings. The predicted molar refractivity (Wildman–Crippen MR) is 71.6 cm³/mol. The van der Waals surface area contributed by atoms with E-state index in [1.165, 1.54) is 16.7 Å². The van der Waals surface area contributed by atoms with Gasteiger partial charge in [-0.15, -0.1) is 0 Å². The molecule has 2 heteroatoms. The van der Waals surface area contributed by atoms with Gasteiger partial charge < -0.3 is 5.73 Å². The molecule has 1 aliphatic rings. The molecule has 0 unspecified atom stereocenters. The topological polar surface area (TPSA) is 43.1 Å². The van der Waals surface area contributed by atoms with Crippen LogP contribution in [0.25, 0.3) is 0 Å². The number of amides is 1. The van der Waals surface area contributed by atoms with Gasteiger partial charge in [0.15, 0.2) is 0 Å². The highest BCUT2D eigenvalue weighted by molar-refractivity contribution is 5.92. The molecule has 0 aromatic heterocycles. The van der Waals surface area contributed by atoms with Gasteiger partial charge in [0, 0.05) is 5.56 Å². The van der Waals surface area contributed by atoms with Crippen LogP contribution in [0.5, 0.6) is 0 Å². The van der Waals surface area contributed by atoms with Gasteiger partial charge >= 0.3 is 0 Å². The lowest BCUT2D eigenvalue weighted by atomic mass is 9.95. The van der Waals surface area contributed by atoms with Gasteiger partial charge in [-0.3, -0.25) is 4.79 Å². The molecule has 2 aromatic carbocycles. The van der Waals surface area contributed by atoms with E-state index in [9.17, 15) is 4.79 Å². The van der Waals surface area contributed by atoms with E-state index in [-0.39, 0.29) is 5.91 Å². The Morgan fingerprint density at radius 1 is 0.944 bits per heavy atom. The van der Waals surface area contributed by atoms with Crippen LogP contribution in [0.2, 0.25) is 0 Å². The van der Waals surface area contributed by atoms with Crippen molar-refractivity contribution >= 4 is 5.91 Å². The maximum atomic E-state index is 11.0. The van der Waals surface area contributed by atoms with Gasteiger partial charge in [-0.25, -0.2) is 0 Å². The average Bonchev–Trinajstić information content (AvgIpc) is 2.82. The Balaban J connectivity index is 1.84. The van der Waals surface area contributed by atoms with E-state index in [1.54, 1.807) is 0 Å². The molecule has 0 saturated carbocycles. The van der Waals surface area contributed by atoms with E-state index in [0.717, 1.165) is 12.8 Å². The molecule has 0 saturated heterocycles. The van der Waals surface area contributed by atoms with Crippen molar-refractivity contribution in [2.45, 2.75) is 18.8 Å². The highest BCUT2D eigenvalue weighted by Gasteiger charge is 2.22. The molecule has 0 aliphatic heterocycles. The van der Waals surface area contributed by atoms with Gasteiger partial charge in [0.25, 0.3) is 0 Å². The molecule has 0 radical (unpaired) electrons. The molecule has 0 spiro atoms. The van der Waals surface area contributed by atoms with Crippen LogP contribution < -0.4 is 5.73 Å². The molecule has 2 N–H and O–H groups in total. The Morgan fingerprint density at radius 2 is 1.50 bits per heavy atom. The van der Waals surface area contributed by atoms with Crippen molar-refractivity contribution in [2.24, 2.45) is 5.73 Å². The molecule has 2 nitrogen and oxygen atoms in total. The van der Waals surface area contributed by atoms with Crippen LogP contribution in [0, 0.1) is 0 Å². The number of hydrogen-bond acceptors (Lipinski definition) is 1. The summed E-state index contributed by atoms with van der Waals surface area (Å²) < 4.78 is 0. The summed E-state index contributed by atoms with van der Waals surface area (Å²) in [4.78, 5) is 11.0. The van der Waals surface area contributed by atoms with Crippen LogP contribution in [0.15, 0.2) is 48.5 Å². The quantitative estimate of drug-likeness (QED) is 0.857. The maximum absolute atomic E-state index is 11.0. The Kier molecular flexibility index (Phi) is 2.63. The standard InChI is InChI=1S/C16H15NO/c17-16(18)12-7-5-11(6-8-12)15-9-13-3-1-2-4-14(13)10-15/h1-8,15H,9-10H2,(H2,17,18). The number of hydrogen-bond donors (Lipinski definition) is 1. The van der Waals surface area contributed by atoms with Gasteiger partial charge in [-0.05, 0) is 47.6 Å². The van der Waals surface area contributed by atoms with E-state index < -0.39 is 0 Å². The molecule has 90 valence electrons. The van der Waals surface area contributed by atoms with Crippen molar-refractivity contribution in [3.8, 4) is 0 Å². The van der Waals surface area contributed by atoms with E-state index in [4.69, 9.17) is 5.73 Å². The van der Waals surface area contributed by atoms with Gasteiger partial charge in [0.2, 0.25) is 5.91 Å². The van der Waals surface area contributed by atoms with Crippen molar-refractivity contribution in [1.29, 1.82) is 0 Å². The minimum absolute atomic E-state index is 0.365. The fourth-order valence-electron chi connectivity index (χ4n) is 2.71. The largest absolute Gasteiger partial charge is 0.366 e. The van der Waals surface area contributed by atoms with E-state index in [1.807, 2.05) is 24.3 Å². The third-order valence-electron chi connectivity index (χ3n) is 3.72. The smallest absolute Gasteiger partial charge is 0.248 e. The van der Waals surface area contributed by atoms with Gasteiger partial charge in [-0.1, -0.05) is 36.4 Å². The van der Waals surface area contributed by atoms with E-state index in [2.05, 4.69) is 24.3 Å². The number of benzene rings is 2. The molecule has 0 heterocycles. The number of primary amides is 1. The zero-order valence-electron chi connectivity index (χ0n) is 10.1. The lowest BCUT2D eigenvalue weighted by molar-refractivity contribution is 0.100. The van der Waals surface area contributed by atoms with Crippen LogP contribution in [0.1, 0.15) is 33.0 Å². The first-order valence-electron chi connectivity index (χ1n) is 6.20. The summed E-state index contributed by atoms with van der Waals surface area (Å²) in [7, 11) is 0. The van der Waals surface area contributed by atoms with Crippen LogP contribution in [0.4, 0.5) is 0 Å². The van der Waals surface area contributed by atoms with Crippen LogP contribution in [0.3, 0.4) is 0 Å². The van der Waals surface area contributed by atoms with Crippen molar-refractivity contribution in [2.75, 3.05) is 0 Å². The highest BCUT2D eigenvalue weighted by Crippen LogP contribution is 2.33. The van der Waals surface area contributed by atoms with Crippen LogP contribution in [-0.4, -0.2) is 5.91 Å². The summed E-state index contributed by atoms with van der Waals surface area (Å²) in [5.41, 5.74) is 10.0. The summed E-state index contributed by atoms with van der Waals surface area (Å²) in [6.07, 6.45) is 2.18. The Morgan fingerprint density at radius 3 is 2.00 bits per heavy atom. The van der Waals surface area contributed by atoms with Gasteiger partial charge in [0.05, 0.1) is 0 Å². The summed E-state index contributed by atoms with van der Waals surface area (Å²) in [5.74, 6) is 0.167. The summed E-state index contributed by atoms with van der Waals surface area (Å²) in [5, 5.41) is 0. The fourth-order valence-corrected chi connectivity index (χ4v) is 2.71. The minimum Gasteiger partial charge on any atom is -0.366 e. The normalized spacial score (nSPS) is 14.4. The fraction of sp³-hybridized carbons (Fsp3) is 0.188. The highest BCUT2D eigenvalue weighted by atomic mass is 16.1. The first-order valence-corrected chi connectivity index (χ1v) is 6.20. The molecule has 3 rings (SSSR count). The number of nitrogens with two attached hydrogens (primary N) is 1. The second-order valence-corrected chi connectivity index (χ2v) is 4.86. The lowest BCUT2D eigenvalue weighted by Gasteiger charge is -2.09. The van der Waals surface area contributed by atoms with Crippen molar-refractivity contribution in [3.63, 3.8) is 0 Å². The zero-order valence-corrected chi connectivity index (χ0v) is 10.1. The van der Waals surface area contributed by atoms with Gasteiger partial charge in [0.1, 0.15) is 0 Å². The Labute approximate surface area is 106 Å². The third kappa shape index (κ3) is 1.90. The SMILES string of the molecule is NC(=O)c1ccc(C2Cc3ccccc3C2)cc1. The van der Waals surface area contributed by atoms with E-state index in [0.29, 0.717) is 11.5 Å². The first-order chi connectivity index (χ1) is 8.74. The molecule has 1 amide bonds. The minimum atomic E-state index is -0.365. The zero-order chi connectivity index (χ0) is 12.5. The number of fused-ring (bicyclic) bond motifs is 1. The maximum Gasteiger partial charge on any atom is 0.248 e. The predicted octanol–water partition coefficient (Wildman–Crippen LogP) is 2.67. The van der Waals surface area contributed by atoms with Crippen molar-refractivity contribution < 1.29 is 4.79 Å². The molecule has 0 atom stereocenters. The number of carbonyl (C=O) groups excluding carboxylic acids is 1. The summed E-state index contributed by atoms with van der Waals surface area (Å²) >= 11 is 0. The van der Waals surface area contributed by atoms with Crippen molar-refractivity contribution in [1.82, 2.24) is 0 Å². The monoisotopic (exact) mass is 237 g/mol. The third-order valence-corrected chi connectivity index (χ3v) is 3.72. The average molecular weight is 237 g/mol. The molecule has 0 bridgehead atoms. The van der Waals surface area contributed by atoms with Crippen LogP contribution in [-0.2, 0) is 12.8 Å². The first kappa shape index (κ1) is 11.0. The summed E-state index contributed by atoms with van der Waals surface area (Å²) in [6, 6.07) is 16.3. The molecule has 1 aliphatic carbocycles. The number of carbonyl (C=O) groups is 1. The van der Waals surface area contributed by atoms with E-state index >= 15 is 0 Å². The number of rotatable bonds is 2. The van der Waals surface area contributed by atoms with Crippen LogP contribution >= 0.6 is 0 Å². The van der Waals surface area contributed by atoms with Gasteiger partial charge in [-0.2, -0.15) is 0 Å². The summed E-state index contributed by atoms with van der Waals surface area (Å²) in [6.45, 7) is 0. The Hall–Kier alpha value is -2.09. The lowest BCUT2D eigenvalue weighted by Crippen LogP contribution is -2.10. The Bertz CT molecular complexity index is 561. The molecular formula is C16H15NO. The molecule has 0 fully saturated rings. The molecule has 18 heavy (non-hydrogen) atoms. The molecular weight excluding hydrogens is 222 g/mol.